The minimum atomic E-state index is -0.0876. The van der Waals surface area contributed by atoms with Gasteiger partial charge in [-0.15, -0.1) is 11.3 Å². The quantitative estimate of drug-likeness (QED) is 0.704. The van der Waals surface area contributed by atoms with E-state index in [0.29, 0.717) is 11.4 Å². The number of para-hydroxylation sites is 1. The maximum atomic E-state index is 12.8. The summed E-state index contributed by atoms with van der Waals surface area (Å²) in [5.74, 6) is -0.0876. The van der Waals surface area contributed by atoms with E-state index in [1.165, 1.54) is 17.0 Å². The number of aromatic nitrogens is 2. The van der Waals surface area contributed by atoms with Gasteiger partial charge in [0.05, 0.1) is 11.4 Å². The summed E-state index contributed by atoms with van der Waals surface area (Å²) in [6, 6.07) is 14.0. The van der Waals surface area contributed by atoms with E-state index in [1.807, 2.05) is 31.2 Å². The number of pyridine rings is 1. The smallest absolute Gasteiger partial charge is 0.263 e. The van der Waals surface area contributed by atoms with Gasteiger partial charge in [0.15, 0.2) is 0 Å². The predicted octanol–water partition coefficient (Wildman–Crippen LogP) is 3.20. The fourth-order valence-electron chi connectivity index (χ4n) is 3.48. The molecule has 0 atom stereocenters. The molecule has 150 valence electrons. The molecule has 0 unspecified atom stereocenters. The van der Waals surface area contributed by atoms with Gasteiger partial charge >= 0.3 is 0 Å². The average molecular weight is 408 g/mol. The van der Waals surface area contributed by atoms with Gasteiger partial charge in [0.2, 0.25) is 0 Å². The van der Waals surface area contributed by atoms with Gasteiger partial charge < -0.3 is 15.1 Å². The molecule has 0 saturated carbocycles. The highest BCUT2D eigenvalue weighted by Crippen LogP contribution is 2.27. The van der Waals surface area contributed by atoms with Gasteiger partial charge in [0.1, 0.15) is 9.88 Å². The lowest BCUT2D eigenvalue weighted by molar-refractivity contribution is 0.0954. The monoisotopic (exact) mass is 407 g/mol. The van der Waals surface area contributed by atoms with E-state index in [1.54, 1.807) is 6.20 Å². The maximum Gasteiger partial charge on any atom is 0.263 e. The Bertz CT molecular complexity index is 980. The molecule has 1 aromatic carbocycles. The molecule has 4 rings (SSSR count). The SMILES string of the molecule is Cc1nc(-c2ccccn2)sc1C(=O)NCc1ccccc1N1CCN(C)CC1. The summed E-state index contributed by atoms with van der Waals surface area (Å²) >= 11 is 1.39. The molecule has 7 heteroatoms. The van der Waals surface area contributed by atoms with Gasteiger partial charge in [-0.1, -0.05) is 24.3 Å². The summed E-state index contributed by atoms with van der Waals surface area (Å²) in [6.07, 6.45) is 1.74. The molecule has 2 aromatic heterocycles. The Morgan fingerprint density at radius 1 is 1.10 bits per heavy atom. The van der Waals surface area contributed by atoms with Crippen LogP contribution in [0.5, 0.6) is 0 Å². The van der Waals surface area contributed by atoms with Crippen molar-refractivity contribution in [1.82, 2.24) is 20.2 Å². The number of anilines is 1. The Labute approximate surface area is 175 Å². The molecule has 3 heterocycles. The van der Waals surface area contributed by atoms with E-state index in [2.05, 4.69) is 50.3 Å². The van der Waals surface area contributed by atoms with Crippen LogP contribution in [0.25, 0.3) is 10.7 Å². The molecular weight excluding hydrogens is 382 g/mol. The summed E-state index contributed by atoms with van der Waals surface area (Å²) < 4.78 is 0. The number of nitrogens with one attached hydrogen (secondary N) is 1. The van der Waals surface area contributed by atoms with Gasteiger partial charge in [0.25, 0.3) is 5.91 Å². The van der Waals surface area contributed by atoms with Crippen LogP contribution in [-0.2, 0) is 6.54 Å². The molecule has 0 aliphatic carbocycles. The largest absolute Gasteiger partial charge is 0.369 e. The lowest BCUT2D eigenvalue weighted by atomic mass is 10.1. The van der Waals surface area contributed by atoms with Crippen LogP contribution in [0, 0.1) is 6.92 Å². The van der Waals surface area contributed by atoms with Gasteiger partial charge in [-0.3, -0.25) is 9.78 Å². The van der Waals surface area contributed by atoms with E-state index in [4.69, 9.17) is 0 Å². The molecule has 0 radical (unpaired) electrons. The standard InChI is InChI=1S/C22H25N5OS/c1-16-20(29-22(25-16)18-8-5-6-10-23-18)21(28)24-15-17-7-3-4-9-19(17)27-13-11-26(2)12-14-27/h3-10H,11-15H2,1-2H3,(H,24,28). The summed E-state index contributed by atoms with van der Waals surface area (Å²) in [5, 5.41) is 3.85. The normalized spacial score (nSPS) is 14.8. The third-order valence-electron chi connectivity index (χ3n) is 5.16. The number of carbonyl (C=O) groups is 1. The summed E-state index contributed by atoms with van der Waals surface area (Å²) in [4.78, 5) is 27.1. The fourth-order valence-corrected chi connectivity index (χ4v) is 4.44. The Hall–Kier alpha value is -2.77. The minimum Gasteiger partial charge on any atom is -0.369 e. The second kappa shape index (κ2) is 8.71. The summed E-state index contributed by atoms with van der Waals surface area (Å²) in [6.45, 7) is 6.48. The van der Waals surface area contributed by atoms with Crippen LogP contribution in [-0.4, -0.2) is 54.0 Å². The van der Waals surface area contributed by atoms with Crippen LogP contribution in [0.1, 0.15) is 20.9 Å². The van der Waals surface area contributed by atoms with Crippen LogP contribution >= 0.6 is 11.3 Å². The number of hydrogen-bond acceptors (Lipinski definition) is 6. The Kier molecular flexibility index (Phi) is 5.87. The van der Waals surface area contributed by atoms with Crippen LogP contribution in [0.3, 0.4) is 0 Å². The van der Waals surface area contributed by atoms with Crippen molar-refractivity contribution in [1.29, 1.82) is 0 Å². The minimum absolute atomic E-state index is 0.0876. The van der Waals surface area contributed by atoms with Crippen LogP contribution < -0.4 is 10.2 Å². The molecule has 3 aromatic rings. The second-order valence-electron chi connectivity index (χ2n) is 7.25. The van der Waals surface area contributed by atoms with E-state index < -0.39 is 0 Å². The lowest BCUT2D eigenvalue weighted by Crippen LogP contribution is -2.45. The summed E-state index contributed by atoms with van der Waals surface area (Å²) in [5.41, 5.74) is 3.87. The predicted molar refractivity (Wildman–Crippen MR) is 117 cm³/mol. The second-order valence-corrected chi connectivity index (χ2v) is 8.25. The van der Waals surface area contributed by atoms with Crippen LogP contribution in [0.2, 0.25) is 0 Å². The van der Waals surface area contributed by atoms with E-state index in [9.17, 15) is 4.79 Å². The van der Waals surface area contributed by atoms with Gasteiger partial charge in [-0.2, -0.15) is 0 Å². The third-order valence-corrected chi connectivity index (χ3v) is 6.34. The van der Waals surface area contributed by atoms with Crippen molar-refractivity contribution in [2.24, 2.45) is 0 Å². The van der Waals surface area contributed by atoms with Crippen LogP contribution in [0.4, 0.5) is 5.69 Å². The number of rotatable bonds is 5. The van der Waals surface area contributed by atoms with Gasteiger partial charge in [-0.25, -0.2) is 4.98 Å². The maximum absolute atomic E-state index is 12.8. The molecule has 6 nitrogen and oxygen atoms in total. The molecule has 1 aliphatic heterocycles. The zero-order valence-electron chi connectivity index (χ0n) is 16.8. The molecule has 1 saturated heterocycles. The number of amides is 1. The zero-order valence-corrected chi connectivity index (χ0v) is 17.6. The Morgan fingerprint density at radius 3 is 2.62 bits per heavy atom. The molecule has 1 fully saturated rings. The average Bonchev–Trinajstić information content (AvgIpc) is 3.15. The number of carbonyl (C=O) groups excluding carboxylic acids is 1. The topological polar surface area (TPSA) is 61.4 Å². The van der Waals surface area contributed by atoms with Crippen molar-refractivity contribution >= 4 is 22.9 Å². The number of aryl methyl sites for hydroxylation is 1. The number of hydrogen-bond donors (Lipinski definition) is 1. The first kappa shape index (κ1) is 19.5. The van der Waals surface area contributed by atoms with E-state index in [0.717, 1.165) is 48.1 Å². The van der Waals surface area contributed by atoms with Crippen LogP contribution in [0.15, 0.2) is 48.7 Å². The molecule has 1 amide bonds. The van der Waals surface area contributed by atoms with Crippen molar-refractivity contribution < 1.29 is 4.79 Å². The highest BCUT2D eigenvalue weighted by Gasteiger charge is 2.19. The first-order chi connectivity index (χ1) is 14.1. The highest BCUT2D eigenvalue weighted by molar-refractivity contribution is 7.17. The molecule has 0 spiro atoms. The van der Waals surface area contributed by atoms with Crippen molar-refractivity contribution in [3.63, 3.8) is 0 Å². The number of likely N-dealkylation sites (N-methyl/N-ethyl adjacent to an activating group) is 1. The number of piperazine rings is 1. The van der Waals surface area contributed by atoms with E-state index in [-0.39, 0.29) is 5.91 Å². The zero-order chi connectivity index (χ0) is 20.2. The van der Waals surface area contributed by atoms with Gasteiger partial charge in [-0.05, 0) is 37.7 Å². The summed E-state index contributed by atoms with van der Waals surface area (Å²) in [7, 11) is 2.15. The third kappa shape index (κ3) is 4.46. The van der Waals surface area contributed by atoms with Crippen molar-refractivity contribution in [2.45, 2.75) is 13.5 Å². The molecule has 1 aliphatic rings. The Balaban J connectivity index is 1.46. The number of nitrogens with zero attached hydrogens (tertiary/aromatic N) is 4. The molecule has 0 bridgehead atoms. The molecule has 29 heavy (non-hydrogen) atoms. The Morgan fingerprint density at radius 2 is 1.86 bits per heavy atom. The number of benzene rings is 1. The molecule has 1 N–H and O–H groups in total. The van der Waals surface area contributed by atoms with Crippen molar-refractivity contribution in [2.75, 3.05) is 38.1 Å². The fraction of sp³-hybridized carbons (Fsp3) is 0.318. The molecular formula is C22H25N5OS. The lowest BCUT2D eigenvalue weighted by Gasteiger charge is -2.35. The van der Waals surface area contributed by atoms with Gasteiger partial charge in [0, 0.05) is 44.6 Å². The highest BCUT2D eigenvalue weighted by atomic mass is 32.1. The van der Waals surface area contributed by atoms with Crippen molar-refractivity contribution in [3.05, 3.63) is 64.8 Å². The number of thiazole rings is 1. The van der Waals surface area contributed by atoms with Crippen molar-refractivity contribution in [3.8, 4) is 10.7 Å². The van der Waals surface area contributed by atoms with E-state index >= 15 is 0 Å². The first-order valence-electron chi connectivity index (χ1n) is 9.80. The first-order valence-corrected chi connectivity index (χ1v) is 10.6.